The van der Waals surface area contributed by atoms with Gasteiger partial charge in [-0.15, -0.1) is 0 Å². The van der Waals surface area contributed by atoms with Crippen LogP contribution in [0.2, 0.25) is 0 Å². The maximum atomic E-state index is 11.1. The summed E-state index contributed by atoms with van der Waals surface area (Å²) in [7, 11) is 1.93. The standard InChI is InChI=1S/C14H18N2O2S/c1-4-9-6-7-11-10(8-9)15-14(16(11)3)19-12(5-2)13(17)18/h6-8,12H,4-5H2,1-3H3,(H,17,18). The van der Waals surface area contributed by atoms with Crippen LogP contribution < -0.4 is 0 Å². The maximum Gasteiger partial charge on any atom is 0.317 e. The molecule has 1 atom stereocenters. The lowest BCUT2D eigenvalue weighted by Gasteiger charge is -2.08. The summed E-state index contributed by atoms with van der Waals surface area (Å²) in [5.41, 5.74) is 3.22. The van der Waals surface area contributed by atoms with E-state index in [9.17, 15) is 4.79 Å². The monoisotopic (exact) mass is 278 g/mol. The fourth-order valence-corrected chi connectivity index (χ4v) is 2.91. The Labute approximate surface area is 116 Å². The van der Waals surface area contributed by atoms with Gasteiger partial charge in [-0.2, -0.15) is 0 Å². The number of aryl methyl sites for hydroxylation is 2. The second-order valence-electron chi connectivity index (χ2n) is 4.48. The van der Waals surface area contributed by atoms with E-state index >= 15 is 0 Å². The largest absolute Gasteiger partial charge is 0.480 e. The van der Waals surface area contributed by atoms with Crippen LogP contribution in [0.25, 0.3) is 11.0 Å². The van der Waals surface area contributed by atoms with E-state index in [1.165, 1.54) is 17.3 Å². The van der Waals surface area contributed by atoms with Crippen LogP contribution in [0.5, 0.6) is 0 Å². The van der Waals surface area contributed by atoms with Crippen molar-refractivity contribution in [3.8, 4) is 0 Å². The molecule has 102 valence electrons. The predicted octanol–water partition coefficient (Wildman–Crippen LogP) is 3.09. The van der Waals surface area contributed by atoms with Gasteiger partial charge in [0.1, 0.15) is 5.25 Å². The van der Waals surface area contributed by atoms with Gasteiger partial charge in [-0.25, -0.2) is 4.98 Å². The van der Waals surface area contributed by atoms with Crippen molar-refractivity contribution in [1.29, 1.82) is 0 Å². The molecule has 0 spiro atoms. The summed E-state index contributed by atoms with van der Waals surface area (Å²) in [5, 5.41) is 9.44. The van der Waals surface area contributed by atoms with E-state index in [2.05, 4.69) is 24.0 Å². The smallest absolute Gasteiger partial charge is 0.317 e. The second kappa shape index (κ2) is 5.65. The zero-order chi connectivity index (χ0) is 14.0. The predicted molar refractivity (Wildman–Crippen MR) is 77.7 cm³/mol. The molecular formula is C14H18N2O2S. The number of hydrogen-bond donors (Lipinski definition) is 1. The fraction of sp³-hybridized carbons (Fsp3) is 0.429. The number of imidazole rings is 1. The van der Waals surface area contributed by atoms with Crippen LogP contribution in [0.4, 0.5) is 0 Å². The van der Waals surface area contributed by atoms with Crippen molar-refractivity contribution >= 4 is 28.8 Å². The Kier molecular flexibility index (Phi) is 4.14. The molecule has 1 aromatic carbocycles. The molecule has 0 radical (unpaired) electrons. The number of carboxylic acid groups (broad SMARTS) is 1. The summed E-state index contributed by atoms with van der Waals surface area (Å²) in [5.74, 6) is -0.784. The van der Waals surface area contributed by atoms with Crippen LogP contribution in [-0.4, -0.2) is 25.9 Å². The summed E-state index contributed by atoms with van der Waals surface area (Å²) in [6, 6.07) is 6.21. The molecule has 0 fully saturated rings. The molecule has 2 aromatic rings. The first kappa shape index (κ1) is 13.9. The minimum atomic E-state index is -0.784. The van der Waals surface area contributed by atoms with Crippen LogP contribution in [-0.2, 0) is 18.3 Å². The van der Waals surface area contributed by atoms with Gasteiger partial charge in [0.25, 0.3) is 0 Å². The van der Waals surface area contributed by atoms with E-state index in [0.717, 1.165) is 22.6 Å². The van der Waals surface area contributed by atoms with E-state index in [1.54, 1.807) is 0 Å². The van der Waals surface area contributed by atoms with E-state index in [0.29, 0.717) is 6.42 Å². The van der Waals surface area contributed by atoms with Gasteiger partial charge in [0.2, 0.25) is 0 Å². The van der Waals surface area contributed by atoms with Crippen molar-refractivity contribution in [1.82, 2.24) is 9.55 Å². The number of aromatic nitrogens is 2. The maximum absolute atomic E-state index is 11.1. The number of hydrogen-bond acceptors (Lipinski definition) is 3. The molecule has 0 bridgehead atoms. The van der Waals surface area contributed by atoms with Crippen molar-refractivity contribution in [2.75, 3.05) is 0 Å². The summed E-state index contributed by atoms with van der Waals surface area (Å²) < 4.78 is 1.96. The second-order valence-corrected chi connectivity index (χ2v) is 5.65. The van der Waals surface area contributed by atoms with Crippen molar-refractivity contribution in [3.63, 3.8) is 0 Å². The summed E-state index contributed by atoms with van der Waals surface area (Å²) >= 11 is 1.31. The van der Waals surface area contributed by atoms with Gasteiger partial charge in [-0.1, -0.05) is 31.7 Å². The van der Waals surface area contributed by atoms with Crippen molar-refractivity contribution in [2.45, 2.75) is 37.1 Å². The lowest BCUT2D eigenvalue weighted by Crippen LogP contribution is -2.15. The van der Waals surface area contributed by atoms with Crippen LogP contribution in [0.15, 0.2) is 23.4 Å². The van der Waals surface area contributed by atoms with E-state index < -0.39 is 11.2 Å². The van der Waals surface area contributed by atoms with Gasteiger partial charge in [0.15, 0.2) is 5.16 Å². The Bertz CT molecular complexity index is 607. The topological polar surface area (TPSA) is 55.1 Å². The SMILES string of the molecule is CCc1ccc2c(c1)nc(SC(CC)C(=O)O)n2C. The van der Waals surface area contributed by atoms with E-state index in [1.807, 2.05) is 24.6 Å². The third kappa shape index (κ3) is 2.76. The number of carboxylic acids is 1. The fourth-order valence-electron chi connectivity index (χ4n) is 1.98. The van der Waals surface area contributed by atoms with Gasteiger partial charge in [-0.3, -0.25) is 4.79 Å². The average Bonchev–Trinajstić information content (AvgIpc) is 2.71. The highest BCUT2D eigenvalue weighted by Crippen LogP contribution is 2.28. The Morgan fingerprint density at radius 3 is 2.79 bits per heavy atom. The van der Waals surface area contributed by atoms with Crippen molar-refractivity contribution in [2.24, 2.45) is 7.05 Å². The molecule has 2 rings (SSSR count). The van der Waals surface area contributed by atoms with Gasteiger partial charge in [0, 0.05) is 7.05 Å². The number of carbonyl (C=O) groups is 1. The third-order valence-corrected chi connectivity index (χ3v) is 4.60. The Morgan fingerprint density at radius 1 is 1.47 bits per heavy atom. The quantitative estimate of drug-likeness (QED) is 0.854. The molecule has 1 heterocycles. The lowest BCUT2D eigenvalue weighted by molar-refractivity contribution is -0.136. The first-order valence-corrected chi connectivity index (χ1v) is 7.29. The summed E-state index contributed by atoms with van der Waals surface area (Å²) in [6.45, 7) is 3.99. The molecular weight excluding hydrogens is 260 g/mol. The lowest BCUT2D eigenvalue weighted by atomic mass is 10.1. The van der Waals surface area contributed by atoms with Crippen molar-refractivity contribution in [3.05, 3.63) is 23.8 Å². The van der Waals surface area contributed by atoms with Gasteiger partial charge in [-0.05, 0) is 30.5 Å². The number of benzene rings is 1. The number of fused-ring (bicyclic) bond motifs is 1. The summed E-state index contributed by atoms with van der Waals surface area (Å²) in [6.07, 6.45) is 1.56. The van der Waals surface area contributed by atoms with E-state index in [4.69, 9.17) is 5.11 Å². The highest BCUT2D eigenvalue weighted by Gasteiger charge is 2.20. The molecule has 0 aliphatic rings. The van der Waals surface area contributed by atoms with Gasteiger partial charge >= 0.3 is 5.97 Å². The molecule has 0 amide bonds. The zero-order valence-corrected chi connectivity index (χ0v) is 12.2. The molecule has 5 heteroatoms. The number of nitrogens with zero attached hydrogens (tertiary/aromatic N) is 2. The molecule has 4 nitrogen and oxygen atoms in total. The molecule has 0 saturated carbocycles. The Hall–Kier alpha value is -1.49. The Balaban J connectivity index is 2.38. The van der Waals surface area contributed by atoms with Gasteiger partial charge < -0.3 is 9.67 Å². The molecule has 19 heavy (non-hydrogen) atoms. The number of rotatable bonds is 5. The normalized spacial score (nSPS) is 12.8. The highest BCUT2D eigenvalue weighted by molar-refractivity contribution is 8.00. The van der Waals surface area contributed by atoms with Crippen LogP contribution >= 0.6 is 11.8 Å². The molecule has 1 aromatic heterocycles. The van der Waals surface area contributed by atoms with Crippen molar-refractivity contribution < 1.29 is 9.90 Å². The van der Waals surface area contributed by atoms with Gasteiger partial charge in [0.05, 0.1) is 11.0 Å². The van der Waals surface area contributed by atoms with Crippen LogP contribution in [0.3, 0.4) is 0 Å². The van der Waals surface area contributed by atoms with E-state index in [-0.39, 0.29) is 0 Å². The molecule has 1 unspecified atom stereocenters. The first-order chi connectivity index (χ1) is 9.06. The van der Waals surface area contributed by atoms with Crippen LogP contribution in [0, 0.1) is 0 Å². The number of thioether (sulfide) groups is 1. The van der Waals surface area contributed by atoms with Crippen LogP contribution in [0.1, 0.15) is 25.8 Å². The minimum Gasteiger partial charge on any atom is -0.480 e. The Morgan fingerprint density at radius 2 is 2.21 bits per heavy atom. The highest BCUT2D eigenvalue weighted by atomic mass is 32.2. The third-order valence-electron chi connectivity index (χ3n) is 3.21. The molecule has 1 N–H and O–H groups in total. The average molecular weight is 278 g/mol. The minimum absolute atomic E-state index is 0.443. The molecule has 0 aliphatic carbocycles. The first-order valence-electron chi connectivity index (χ1n) is 6.41. The molecule has 0 saturated heterocycles. The zero-order valence-electron chi connectivity index (χ0n) is 11.4. The summed E-state index contributed by atoms with van der Waals surface area (Å²) in [4.78, 5) is 15.7. The number of aliphatic carboxylic acids is 1. The molecule has 0 aliphatic heterocycles.